The van der Waals surface area contributed by atoms with E-state index in [1.54, 1.807) is 0 Å². The van der Waals surface area contributed by atoms with Gasteiger partial charge in [-0.3, -0.25) is 0 Å². The SMILES string of the molecule is C=C[C@](C)(O)[C@H](O)CC. The van der Waals surface area contributed by atoms with Gasteiger partial charge in [0.1, 0.15) is 5.60 Å². The minimum absolute atomic E-state index is 0.541. The van der Waals surface area contributed by atoms with Crippen LogP contribution in [0.25, 0.3) is 0 Å². The summed E-state index contributed by atoms with van der Waals surface area (Å²) in [4.78, 5) is 0. The Morgan fingerprint density at radius 2 is 2.22 bits per heavy atom. The van der Waals surface area contributed by atoms with Crippen LogP contribution in [0.3, 0.4) is 0 Å². The highest BCUT2D eigenvalue weighted by molar-refractivity contribution is 4.96. The van der Waals surface area contributed by atoms with Crippen LogP contribution >= 0.6 is 0 Å². The van der Waals surface area contributed by atoms with E-state index in [0.717, 1.165) is 0 Å². The lowest BCUT2D eigenvalue weighted by Crippen LogP contribution is -2.36. The summed E-state index contributed by atoms with van der Waals surface area (Å²) in [6.07, 6.45) is 1.19. The average molecular weight is 130 g/mol. The molecule has 0 fully saturated rings. The zero-order valence-corrected chi connectivity index (χ0v) is 5.96. The normalized spacial score (nSPS) is 20.4. The van der Waals surface area contributed by atoms with E-state index in [9.17, 15) is 5.11 Å². The standard InChI is InChI=1S/C7H14O2/c1-4-6(8)7(3,9)5-2/h5-6,8-9H,2,4H2,1,3H3/t6-,7+/m1/s1. The maximum atomic E-state index is 9.22. The summed E-state index contributed by atoms with van der Waals surface area (Å²) in [7, 11) is 0. The maximum Gasteiger partial charge on any atom is 0.105 e. The highest BCUT2D eigenvalue weighted by Crippen LogP contribution is 2.12. The third-order valence-electron chi connectivity index (χ3n) is 1.47. The number of hydrogen-bond acceptors (Lipinski definition) is 2. The number of hydrogen-bond donors (Lipinski definition) is 2. The molecule has 0 aromatic carbocycles. The van der Waals surface area contributed by atoms with E-state index in [0.29, 0.717) is 6.42 Å². The van der Waals surface area contributed by atoms with E-state index in [-0.39, 0.29) is 0 Å². The Morgan fingerprint density at radius 3 is 2.33 bits per heavy atom. The van der Waals surface area contributed by atoms with Gasteiger partial charge in [0, 0.05) is 0 Å². The first kappa shape index (κ1) is 8.66. The fourth-order valence-electron chi connectivity index (χ4n) is 0.549. The molecule has 0 saturated carbocycles. The van der Waals surface area contributed by atoms with Gasteiger partial charge in [-0.2, -0.15) is 0 Å². The molecule has 0 saturated heterocycles. The Morgan fingerprint density at radius 1 is 1.78 bits per heavy atom. The number of aliphatic hydroxyl groups is 2. The molecule has 0 aliphatic heterocycles. The molecular formula is C7H14O2. The summed E-state index contributed by atoms with van der Waals surface area (Å²) in [5.74, 6) is 0. The van der Waals surface area contributed by atoms with Gasteiger partial charge in [0.2, 0.25) is 0 Å². The first-order valence-corrected chi connectivity index (χ1v) is 3.08. The summed E-state index contributed by atoms with van der Waals surface area (Å²) >= 11 is 0. The van der Waals surface area contributed by atoms with Crippen LogP contribution in [0.2, 0.25) is 0 Å². The van der Waals surface area contributed by atoms with Crippen LogP contribution in [0.4, 0.5) is 0 Å². The summed E-state index contributed by atoms with van der Waals surface area (Å²) in [6.45, 7) is 6.74. The third-order valence-corrected chi connectivity index (χ3v) is 1.47. The van der Waals surface area contributed by atoms with E-state index in [4.69, 9.17) is 5.11 Å². The first-order valence-electron chi connectivity index (χ1n) is 3.08. The molecule has 0 rings (SSSR count). The molecule has 54 valence electrons. The molecular weight excluding hydrogens is 116 g/mol. The molecule has 0 unspecified atom stereocenters. The summed E-state index contributed by atoms with van der Waals surface area (Å²) in [6, 6.07) is 0. The number of aliphatic hydroxyl groups excluding tert-OH is 1. The fraction of sp³-hybridized carbons (Fsp3) is 0.714. The van der Waals surface area contributed by atoms with Gasteiger partial charge in [0.05, 0.1) is 6.10 Å². The van der Waals surface area contributed by atoms with Crippen LogP contribution in [0.1, 0.15) is 20.3 Å². The molecule has 0 aliphatic rings. The van der Waals surface area contributed by atoms with Crippen molar-refractivity contribution >= 4 is 0 Å². The largest absolute Gasteiger partial charge is 0.390 e. The van der Waals surface area contributed by atoms with E-state index in [2.05, 4.69) is 6.58 Å². The molecule has 0 heterocycles. The highest BCUT2D eigenvalue weighted by Gasteiger charge is 2.24. The third kappa shape index (κ3) is 2.16. The quantitative estimate of drug-likeness (QED) is 0.552. The van der Waals surface area contributed by atoms with Gasteiger partial charge in [-0.15, -0.1) is 6.58 Å². The molecule has 0 radical (unpaired) electrons. The minimum atomic E-state index is -1.13. The van der Waals surface area contributed by atoms with Crippen LogP contribution in [-0.4, -0.2) is 21.9 Å². The monoisotopic (exact) mass is 130 g/mol. The Labute approximate surface area is 55.8 Å². The van der Waals surface area contributed by atoms with Crippen LogP contribution in [0, 0.1) is 0 Å². The second-order valence-corrected chi connectivity index (χ2v) is 2.35. The van der Waals surface area contributed by atoms with Crippen LogP contribution in [0.15, 0.2) is 12.7 Å². The lowest BCUT2D eigenvalue weighted by Gasteiger charge is -2.23. The Hall–Kier alpha value is -0.340. The minimum Gasteiger partial charge on any atom is -0.390 e. The molecule has 0 bridgehead atoms. The molecule has 2 N–H and O–H groups in total. The lowest BCUT2D eigenvalue weighted by atomic mass is 9.98. The predicted octanol–water partition coefficient (Wildman–Crippen LogP) is 0.694. The van der Waals surface area contributed by atoms with Gasteiger partial charge >= 0.3 is 0 Å². The Kier molecular flexibility index (Phi) is 2.88. The van der Waals surface area contributed by atoms with Crippen molar-refractivity contribution in [1.29, 1.82) is 0 Å². The number of rotatable bonds is 3. The van der Waals surface area contributed by atoms with Crippen molar-refractivity contribution in [2.45, 2.75) is 32.0 Å². The fourth-order valence-corrected chi connectivity index (χ4v) is 0.549. The molecule has 2 nitrogen and oxygen atoms in total. The first-order chi connectivity index (χ1) is 4.04. The lowest BCUT2D eigenvalue weighted by molar-refractivity contribution is -0.0271. The molecule has 2 heteroatoms. The molecule has 9 heavy (non-hydrogen) atoms. The van der Waals surface area contributed by atoms with E-state index < -0.39 is 11.7 Å². The molecule has 2 atom stereocenters. The van der Waals surface area contributed by atoms with Crippen molar-refractivity contribution in [2.24, 2.45) is 0 Å². The van der Waals surface area contributed by atoms with Crippen LogP contribution < -0.4 is 0 Å². The maximum absolute atomic E-state index is 9.22. The Balaban J connectivity index is 3.95. The van der Waals surface area contributed by atoms with Crippen LogP contribution in [0.5, 0.6) is 0 Å². The van der Waals surface area contributed by atoms with Gasteiger partial charge in [0.15, 0.2) is 0 Å². The Bertz CT molecular complexity index is 97.1. The van der Waals surface area contributed by atoms with Gasteiger partial charge in [-0.25, -0.2) is 0 Å². The highest BCUT2D eigenvalue weighted by atomic mass is 16.3. The van der Waals surface area contributed by atoms with E-state index in [1.165, 1.54) is 13.0 Å². The van der Waals surface area contributed by atoms with Crippen molar-refractivity contribution in [3.63, 3.8) is 0 Å². The molecule has 0 aromatic heterocycles. The zero-order chi connectivity index (χ0) is 7.49. The molecule has 0 aliphatic carbocycles. The van der Waals surface area contributed by atoms with Gasteiger partial charge < -0.3 is 10.2 Å². The summed E-state index contributed by atoms with van der Waals surface area (Å²) < 4.78 is 0. The predicted molar refractivity (Wildman–Crippen MR) is 37.1 cm³/mol. The van der Waals surface area contributed by atoms with E-state index >= 15 is 0 Å². The van der Waals surface area contributed by atoms with Crippen molar-refractivity contribution in [3.8, 4) is 0 Å². The smallest absolute Gasteiger partial charge is 0.105 e. The van der Waals surface area contributed by atoms with Crippen molar-refractivity contribution < 1.29 is 10.2 Å². The van der Waals surface area contributed by atoms with Crippen molar-refractivity contribution in [3.05, 3.63) is 12.7 Å². The van der Waals surface area contributed by atoms with Crippen LogP contribution in [-0.2, 0) is 0 Å². The van der Waals surface area contributed by atoms with E-state index in [1.807, 2.05) is 6.92 Å². The summed E-state index contributed by atoms with van der Waals surface area (Å²) in [5.41, 5.74) is -1.13. The molecule has 0 amide bonds. The summed E-state index contributed by atoms with van der Waals surface area (Å²) in [5, 5.41) is 18.3. The van der Waals surface area contributed by atoms with Gasteiger partial charge in [-0.05, 0) is 13.3 Å². The molecule has 0 aromatic rings. The van der Waals surface area contributed by atoms with Crippen molar-refractivity contribution in [1.82, 2.24) is 0 Å². The molecule has 0 spiro atoms. The zero-order valence-electron chi connectivity index (χ0n) is 5.96. The van der Waals surface area contributed by atoms with Gasteiger partial charge in [0.25, 0.3) is 0 Å². The average Bonchev–Trinajstić information content (AvgIpc) is 1.86. The second-order valence-electron chi connectivity index (χ2n) is 2.35. The second kappa shape index (κ2) is 2.99. The van der Waals surface area contributed by atoms with Crippen molar-refractivity contribution in [2.75, 3.05) is 0 Å². The van der Waals surface area contributed by atoms with Gasteiger partial charge in [-0.1, -0.05) is 13.0 Å². The topological polar surface area (TPSA) is 40.5 Å².